The molecule has 4 nitrogen and oxygen atoms in total. The maximum Gasteiger partial charge on any atom is 0.248 e. The molecule has 0 saturated carbocycles. The number of rotatable bonds is 3. The van der Waals surface area contributed by atoms with E-state index in [-0.39, 0.29) is 0 Å². The number of hydrogen-bond acceptors (Lipinski definition) is 4. The van der Waals surface area contributed by atoms with Gasteiger partial charge >= 0.3 is 0 Å². The highest BCUT2D eigenvalue weighted by Gasteiger charge is 2.05. The van der Waals surface area contributed by atoms with Crippen molar-refractivity contribution in [3.63, 3.8) is 0 Å². The van der Waals surface area contributed by atoms with Gasteiger partial charge in [0.2, 0.25) is 11.8 Å². The Morgan fingerprint density at radius 2 is 1.63 bits per heavy atom. The first-order valence-electron chi connectivity index (χ1n) is 5.89. The summed E-state index contributed by atoms with van der Waals surface area (Å²) in [5.41, 5.74) is 1.95. The Bertz CT molecular complexity index is 675. The van der Waals surface area contributed by atoms with Crippen molar-refractivity contribution in [2.75, 3.05) is 0 Å². The summed E-state index contributed by atoms with van der Waals surface area (Å²) in [5.74, 6) is 1.01. The minimum Gasteiger partial charge on any atom is -0.417 e. The molecule has 0 bridgehead atoms. The number of aromatic nitrogens is 3. The van der Waals surface area contributed by atoms with E-state index in [1.165, 1.54) is 0 Å². The zero-order valence-corrected chi connectivity index (χ0v) is 10.1. The van der Waals surface area contributed by atoms with Crippen LogP contribution in [0.15, 0.2) is 59.3 Å². The first-order chi connectivity index (χ1) is 9.42. The van der Waals surface area contributed by atoms with Crippen LogP contribution in [0.1, 0.15) is 11.5 Å². The Morgan fingerprint density at radius 1 is 0.842 bits per heavy atom. The predicted octanol–water partition coefficient (Wildman–Crippen LogP) is 3.30. The van der Waals surface area contributed by atoms with Gasteiger partial charge in [-0.1, -0.05) is 18.2 Å². The van der Waals surface area contributed by atoms with E-state index < -0.39 is 0 Å². The van der Waals surface area contributed by atoms with E-state index in [2.05, 4.69) is 15.2 Å². The second-order valence-electron chi connectivity index (χ2n) is 3.93. The molecule has 0 N–H and O–H groups in total. The van der Waals surface area contributed by atoms with Crippen LogP contribution in [0.4, 0.5) is 0 Å². The molecule has 0 amide bonds. The van der Waals surface area contributed by atoms with Gasteiger partial charge in [0, 0.05) is 24.0 Å². The predicted molar refractivity (Wildman–Crippen MR) is 72.9 cm³/mol. The molecule has 0 spiro atoms. The maximum absolute atomic E-state index is 5.57. The van der Waals surface area contributed by atoms with Crippen LogP contribution in [0.2, 0.25) is 0 Å². The van der Waals surface area contributed by atoms with Gasteiger partial charge in [-0.25, -0.2) is 0 Å². The first kappa shape index (κ1) is 11.3. The van der Waals surface area contributed by atoms with Gasteiger partial charge in [-0.2, -0.15) is 0 Å². The van der Waals surface area contributed by atoms with Gasteiger partial charge in [0.15, 0.2) is 0 Å². The lowest BCUT2D eigenvalue weighted by molar-refractivity contribution is 0.558. The largest absolute Gasteiger partial charge is 0.417 e. The van der Waals surface area contributed by atoms with Crippen molar-refractivity contribution in [2.24, 2.45) is 0 Å². The van der Waals surface area contributed by atoms with Gasteiger partial charge < -0.3 is 4.42 Å². The van der Waals surface area contributed by atoms with Crippen LogP contribution < -0.4 is 0 Å². The fourth-order valence-electron chi connectivity index (χ4n) is 1.64. The van der Waals surface area contributed by atoms with Crippen molar-refractivity contribution in [1.82, 2.24) is 15.2 Å². The van der Waals surface area contributed by atoms with E-state index in [9.17, 15) is 0 Å². The van der Waals surface area contributed by atoms with Crippen molar-refractivity contribution in [3.05, 3.63) is 66.3 Å². The summed E-state index contributed by atoms with van der Waals surface area (Å²) >= 11 is 0. The lowest BCUT2D eigenvalue weighted by Gasteiger charge is -1.91. The van der Waals surface area contributed by atoms with E-state index in [0.717, 1.165) is 11.1 Å². The second kappa shape index (κ2) is 5.27. The molecule has 3 rings (SSSR count). The first-order valence-corrected chi connectivity index (χ1v) is 5.89. The van der Waals surface area contributed by atoms with Crippen LogP contribution in [0.5, 0.6) is 0 Å². The Labute approximate surface area is 110 Å². The smallest absolute Gasteiger partial charge is 0.248 e. The molecule has 0 saturated heterocycles. The molecular formula is C15H11N3O. The highest BCUT2D eigenvalue weighted by atomic mass is 16.4. The molecule has 0 aliphatic rings. The maximum atomic E-state index is 5.57. The third-order valence-electron chi connectivity index (χ3n) is 2.59. The molecule has 19 heavy (non-hydrogen) atoms. The van der Waals surface area contributed by atoms with Gasteiger partial charge in [0.1, 0.15) is 0 Å². The molecule has 4 heteroatoms. The fraction of sp³-hybridized carbons (Fsp3) is 0. The van der Waals surface area contributed by atoms with E-state index in [0.29, 0.717) is 11.8 Å². The minimum atomic E-state index is 0.482. The van der Waals surface area contributed by atoms with Crippen LogP contribution >= 0.6 is 0 Å². The summed E-state index contributed by atoms with van der Waals surface area (Å²) in [6, 6.07) is 13.5. The molecule has 2 heterocycles. The van der Waals surface area contributed by atoms with Crippen molar-refractivity contribution in [3.8, 4) is 11.5 Å². The molecule has 0 radical (unpaired) electrons. The molecule has 3 aromatic rings. The van der Waals surface area contributed by atoms with Gasteiger partial charge in [0.25, 0.3) is 0 Å². The summed E-state index contributed by atoms with van der Waals surface area (Å²) in [5, 5.41) is 8.01. The van der Waals surface area contributed by atoms with Crippen molar-refractivity contribution < 1.29 is 4.42 Å². The van der Waals surface area contributed by atoms with Gasteiger partial charge in [-0.3, -0.25) is 4.98 Å². The summed E-state index contributed by atoms with van der Waals surface area (Å²) in [7, 11) is 0. The molecule has 0 atom stereocenters. The van der Waals surface area contributed by atoms with E-state index in [1.54, 1.807) is 18.5 Å². The lowest BCUT2D eigenvalue weighted by atomic mass is 10.2. The van der Waals surface area contributed by atoms with E-state index in [1.807, 2.05) is 48.5 Å². The van der Waals surface area contributed by atoms with E-state index >= 15 is 0 Å². The van der Waals surface area contributed by atoms with Gasteiger partial charge in [-0.05, 0) is 35.9 Å². The second-order valence-corrected chi connectivity index (χ2v) is 3.93. The standard InChI is InChI=1S/C15H11N3O/c1-2-4-13(5-3-1)15-18-17-14(19-15)7-6-12-8-10-16-11-9-12/h1-11H/b7-6+. The molecule has 0 aliphatic heterocycles. The third kappa shape index (κ3) is 2.74. The molecule has 2 aromatic heterocycles. The summed E-state index contributed by atoms with van der Waals surface area (Å²) in [6.45, 7) is 0. The van der Waals surface area contributed by atoms with E-state index in [4.69, 9.17) is 4.42 Å². The molecular weight excluding hydrogens is 238 g/mol. The van der Waals surface area contributed by atoms with Crippen molar-refractivity contribution in [1.29, 1.82) is 0 Å². The van der Waals surface area contributed by atoms with Crippen LogP contribution in [-0.4, -0.2) is 15.2 Å². The zero-order valence-electron chi connectivity index (χ0n) is 10.1. The Balaban J connectivity index is 1.81. The van der Waals surface area contributed by atoms with Crippen molar-refractivity contribution in [2.45, 2.75) is 0 Å². The number of benzene rings is 1. The molecule has 1 aromatic carbocycles. The SMILES string of the molecule is C(=C\c1nnc(-c2ccccc2)o1)/c1ccncc1. The number of nitrogens with zero attached hydrogens (tertiary/aromatic N) is 3. The number of pyridine rings is 1. The topological polar surface area (TPSA) is 51.8 Å². The third-order valence-corrected chi connectivity index (χ3v) is 2.59. The van der Waals surface area contributed by atoms with Crippen LogP contribution in [0, 0.1) is 0 Å². The quantitative estimate of drug-likeness (QED) is 0.714. The zero-order chi connectivity index (χ0) is 12.9. The van der Waals surface area contributed by atoms with Crippen LogP contribution in [0.3, 0.4) is 0 Å². The van der Waals surface area contributed by atoms with Gasteiger partial charge in [-0.15, -0.1) is 10.2 Å². The summed E-state index contributed by atoms with van der Waals surface area (Å²) in [4.78, 5) is 3.96. The average molecular weight is 249 g/mol. The minimum absolute atomic E-state index is 0.482. The Hall–Kier alpha value is -2.75. The summed E-state index contributed by atoms with van der Waals surface area (Å²) < 4.78 is 5.57. The number of hydrogen-bond donors (Lipinski definition) is 0. The fourth-order valence-corrected chi connectivity index (χ4v) is 1.64. The average Bonchev–Trinajstić information content (AvgIpc) is 2.96. The molecule has 0 fully saturated rings. The normalized spacial score (nSPS) is 10.9. The molecule has 92 valence electrons. The summed E-state index contributed by atoms with van der Waals surface area (Å²) in [6.07, 6.45) is 7.17. The van der Waals surface area contributed by atoms with Crippen LogP contribution in [-0.2, 0) is 0 Å². The van der Waals surface area contributed by atoms with Crippen LogP contribution in [0.25, 0.3) is 23.6 Å². The Morgan fingerprint density at radius 3 is 2.42 bits per heavy atom. The lowest BCUT2D eigenvalue weighted by Crippen LogP contribution is -1.75. The van der Waals surface area contributed by atoms with Gasteiger partial charge in [0.05, 0.1) is 0 Å². The van der Waals surface area contributed by atoms with Crippen molar-refractivity contribution >= 4 is 12.2 Å². The monoisotopic (exact) mass is 249 g/mol. The molecule has 0 aliphatic carbocycles. The highest BCUT2D eigenvalue weighted by molar-refractivity contribution is 5.66. The Kier molecular flexibility index (Phi) is 3.14. The molecule has 0 unspecified atom stereocenters. The highest BCUT2D eigenvalue weighted by Crippen LogP contribution is 2.17.